The number of nitrogens with zero attached hydrogens (tertiary/aromatic N) is 1. The first kappa shape index (κ1) is 16.8. The number of likely N-dealkylation sites (tertiary alicyclic amines) is 2. The number of hydrogen-bond donors (Lipinski definition) is 1. The Labute approximate surface area is 150 Å². The van der Waals surface area contributed by atoms with Gasteiger partial charge in [0.05, 0.1) is 24.9 Å². The van der Waals surface area contributed by atoms with E-state index in [0.717, 1.165) is 51.1 Å². The molecule has 1 aromatic rings. The zero-order chi connectivity index (χ0) is 17.2. The maximum absolute atomic E-state index is 12.6. The summed E-state index contributed by atoms with van der Waals surface area (Å²) in [5, 5.41) is 0. The zero-order valence-electron chi connectivity index (χ0n) is 15.0. The van der Waals surface area contributed by atoms with Crippen molar-refractivity contribution in [3.05, 3.63) is 35.9 Å². The normalized spacial score (nSPS) is 32.7. The third kappa shape index (κ3) is 3.50. The minimum atomic E-state index is -0.00345. The number of rotatable bonds is 4. The maximum atomic E-state index is 12.6. The Morgan fingerprint density at radius 2 is 1.48 bits per heavy atom. The zero-order valence-corrected chi connectivity index (χ0v) is 15.0. The number of imide groups is 1. The van der Waals surface area contributed by atoms with Crippen LogP contribution in [0.4, 0.5) is 0 Å². The number of benzene rings is 1. The predicted octanol–water partition coefficient (Wildman–Crippen LogP) is 1.66. The summed E-state index contributed by atoms with van der Waals surface area (Å²) in [6.45, 7) is 2.75. The van der Waals surface area contributed by atoms with E-state index < -0.39 is 0 Å². The Morgan fingerprint density at radius 1 is 0.880 bits per heavy atom. The predicted molar refractivity (Wildman–Crippen MR) is 95.7 cm³/mol. The molecule has 3 aliphatic rings. The molecule has 4 rings (SSSR count). The largest absolute Gasteiger partial charge is 0.317 e. The summed E-state index contributed by atoms with van der Waals surface area (Å²) in [5.74, 6) is 0.966. The van der Waals surface area contributed by atoms with Crippen molar-refractivity contribution in [1.82, 2.24) is 4.90 Å². The molecule has 2 amide bonds. The lowest BCUT2D eigenvalue weighted by molar-refractivity contribution is -0.913. The highest BCUT2D eigenvalue weighted by Crippen LogP contribution is 2.37. The van der Waals surface area contributed by atoms with Crippen LogP contribution in [0.3, 0.4) is 0 Å². The summed E-state index contributed by atoms with van der Waals surface area (Å²) >= 11 is 0. The molecule has 1 N–H and O–H groups in total. The molecule has 1 aromatic carbocycles. The Balaban J connectivity index is 1.30. The first-order chi connectivity index (χ1) is 12.2. The highest BCUT2D eigenvalue weighted by molar-refractivity contribution is 6.05. The SMILES string of the molecule is O=C1[C@H]2CCCC[C@@H]2C(=O)N1C[NH+]1CCC(Cc2ccccc2)CC1. The highest BCUT2D eigenvalue weighted by Gasteiger charge is 2.49. The Morgan fingerprint density at radius 3 is 2.08 bits per heavy atom. The second-order valence-corrected chi connectivity index (χ2v) is 8.14. The van der Waals surface area contributed by atoms with E-state index in [2.05, 4.69) is 30.3 Å². The number of fused-ring (bicyclic) bond motifs is 1. The van der Waals surface area contributed by atoms with Crippen LogP contribution in [-0.2, 0) is 16.0 Å². The van der Waals surface area contributed by atoms with E-state index in [1.54, 1.807) is 4.90 Å². The van der Waals surface area contributed by atoms with Gasteiger partial charge >= 0.3 is 0 Å². The van der Waals surface area contributed by atoms with Gasteiger partial charge in [-0.1, -0.05) is 43.2 Å². The van der Waals surface area contributed by atoms with Crippen LogP contribution in [0.15, 0.2) is 30.3 Å². The monoisotopic (exact) mass is 341 g/mol. The first-order valence-electron chi connectivity index (χ1n) is 9.95. The van der Waals surface area contributed by atoms with Crippen LogP contribution in [0.1, 0.15) is 44.1 Å². The van der Waals surface area contributed by atoms with Crippen molar-refractivity contribution in [2.24, 2.45) is 17.8 Å². The van der Waals surface area contributed by atoms with Gasteiger partial charge in [0.25, 0.3) is 0 Å². The molecule has 2 aliphatic heterocycles. The van der Waals surface area contributed by atoms with E-state index in [1.165, 1.54) is 23.3 Å². The molecule has 134 valence electrons. The number of amides is 2. The minimum absolute atomic E-state index is 0.00345. The van der Waals surface area contributed by atoms with Gasteiger partial charge in [0.2, 0.25) is 11.8 Å². The van der Waals surface area contributed by atoms with Gasteiger partial charge in [-0.15, -0.1) is 0 Å². The number of piperidine rings is 1. The minimum Gasteiger partial charge on any atom is -0.317 e. The van der Waals surface area contributed by atoms with E-state index in [0.29, 0.717) is 6.67 Å². The fourth-order valence-electron chi connectivity index (χ4n) is 5.01. The number of hydrogen-bond acceptors (Lipinski definition) is 2. The quantitative estimate of drug-likeness (QED) is 0.847. The van der Waals surface area contributed by atoms with Crippen LogP contribution in [0.5, 0.6) is 0 Å². The van der Waals surface area contributed by atoms with Crippen LogP contribution >= 0.6 is 0 Å². The standard InChI is InChI=1S/C21H28N2O2/c24-20-18-8-4-5-9-19(18)21(25)23(20)15-22-12-10-17(11-13-22)14-16-6-2-1-3-7-16/h1-3,6-7,17-19H,4-5,8-15H2/p+1/t18-,19-/m0/s1. The molecule has 3 fully saturated rings. The molecule has 1 saturated carbocycles. The van der Waals surface area contributed by atoms with Crippen molar-refractivity contribution in [1.29, 1.82) is 0 Å². The van der Waals surface area contributed by atoms with Gasteiger partial charge < -0.3 is 4.90 Å². The number of carbonyl (C=O) groups is 2. The van der Waals surface area contributed by atoms with Gasteiger partial charge in [-0.2, -0.15) is 0 Å². The van der Waals surface area contributed by atoms with Crippen LogP contribution in [-0.4, -0.2) is 36.5 Å². The number of nitrogens with one attached hydrogen (secondary N) is 1. The smallest absolute Gasteiger partial charge is 0.237 e. The van der Waals surface area contributed by atoms with Gasteiger partial charge in [0, 0.05) is 0 Å². The maximum Gasteiger partial charge on any atom is 0.237 e. The fraction of sp³-hybridized carbons (Fsp3) is 0.619. The van der Waals surface area contributed by atoms with Gasteiger partial charge in [0.1, 0.15) is 0 Å². The van der Waals surface area contributed by atoms with E-state index in [4.69, 9.17) is 0 Å². The third-order valence-electron chi connectivity index (χ3n) is 6.49. The van der Waals surface area contributed by atoms with Gasteiger partial charge in [-0.25, -0.2) is 4.90 Å². The molecule has 0 spiro atoms. The van der Waals surface area contributed by atoms with Crippen molar-refractivity contribution >= 4 is 11.8 Å². The molecular formula is C21H29N2O2+. The average molecular weight is 341 g/mol. The molecule has 2 saturated heterocycles. The average Bonchev–Trinajstić information content (AvgIpc) is 2.89. The molecular weight excluding hydrogens is 312 g/mol. The molecule has 0 unspecified atom stereocenters. The summed E-state index contributed by atoms with van der Waals surface area (Å²) < 4.78 is 0. The van der Waals surface area contributed by atoms with Crippen molar-refractivity contribution in [2.75, 3.05) is 19.8 Å². The van der Waals surface area contributed by atoms with Crippen LogP contribution in [0.2, 0.25) is 0 Å². The molecule has 1 aliphatic carbocycles. The third-order valence-corrected chi connectivity index (χ3v) is 6.49. The molecule has 2 heterocycles. The molecule has 0 bridgehead atoms. The summed E-state index contributed by atoms with van der Waals surface area (Å²) in [6, 6.07) is 10.7. The van der Waals surface area contributed by atoms with Crippen molar-refractivity contribution in [3.63, 3.8) is 0 Å². The van der Waals surface area contributed by atoms with Gasteiger partial charge in [-0.3, -0.25) is 9.59 Å². The molecule has 4 heteroatoms. The lowest BCUT2D eigenvalue weighted by Gasteiger charge is -2.31. The summed E-state index contributed by atoms with van der Waals surface area (Å²) in [4.78, 5) is 28.3. The van der Waals surface area contributed by atoms with E-state index >= 15 is 0 Å². The molecule has 0 aromatic heterocycles. The Kier molecular flexibility index (Phi) is 4.89. The van der Waals surface area contributed by atoms with E-state index in [1.807, 2.05) is 0 Å². The van der Waals surface area contributed by atoms with Gasteiger partial charge in [-0.05, 0) is 43.6 Å². The van der Waals surface area contributed by atoms with Gasteiger partial charge in [0.15, 0.2) is 6.67 Å². The lowest BCUT2D eigenvalue weighted by Crippen LogP contribution is -3.14. The fourth-order valence-corrected chi connectivity index (χ4v) is 5.01. The molecule has 25 heavy (non-hydrogen) atoms. The number of carbonyl (C=O) groups excluding carboxylic acids is 2. The second-order valence-electron chi connectivity index (χ2n) is 8.14. The summed E-state index contributed by atoms with van der Waals surface area (Å²) in [5.41, 5.74) is 1.42. The lowest BCUT2D eigenvalue weighted by atomic mass is 9.81. The molecule has 2 atom stereocenters. The summed E-state index contributed by atoms with van der Waals surface area (Å²) in [6.07, 6.45) is 7.57. The van der Waals surface area contributed by atoms with E-state index in [-0.39, 0.29) is 23.7 Å². The van der Waals surface area contributed by atoms with Crippen molar-refractivity contribution < 1.29 is 14.5 Å². The van der Waals surface area contributed by atoms with Crippen LogP contribution < -0.4 is 4.90 Å². The highest BCUT2D eigenvalue weighted by atomic mass is 16.2. The Hall–Kier alpha value is -1.68. The molecule has 4 nitrogen and oxygen atoms in total. The molecule has 0 radical (unpaired) electrons. The van der Waals surface area contributed by atoms with E-state index in [9.17, 15) is 9.59 Å². The van der Waals surface area contributed by atoms with Crippen LogP contribution in [0.25, 0.3) is 0 Å². The van der Waals surface area contributed by atoms with Crippen LogP contribution in [0, 0.1) is 17.8 Å². The second kappa shape index (κ2) is 7.28. The topological polar surface area (TPSA) is 41.8 Å². The Bertz CT molecular complexity index is 598. The number of quaternary nitrogens is 1. The van der Waals surface area contributed by atoms with Crippen molar-refractivity contribution in [2.45, 2.75) is 44.9 Å². The summed E-state index contributed by atoms with van der Waals surface area (Å²) in [7, 11) is 0. The first-order valence-corrected chi connectivity index (χ1v) is 9.95. The van der Waals surface area contributed by atoms with Crippen molar-refractivity contribution in [3.8, 4) is 0 Å².